The number of aliphatic hydroxyl groups excluding tert-OH is 4. The van der Waals surface area contributed by atoms with Gasteiger partial charge in [0.1, 0.15) is 30.2 Å². The van der Waals surface area contributed by atoms with E-state index in [1.165, 1.54) is 18.2 Å². The minimum absolute atomic E-state index is 0.0482. The summed E-state index contributed by atoms with van der Waals surface area (Å²) < 4.78 is 11.0. The van der Waals surface area contributed by atoms with Crippen molar-refractivity contribution in [1.82, 2.24) is 0 Å². The second-order valence-corrected chi connectivity index (χ2v) is 7.93. The lowest BCUT2D eigenvalue weighted by Gasteiger charge is -2.45. The van der Waals surface area contributed by atoms with Crippen molar-refractivity contribution in [3.05, 3.63) is 64.7 Å². The summed E-state index contributed by atoms with van der Waals surface area (Å²) in [6.07, 6.45) is -6.05. The maximum absolute atomic E-state index is 11.0. The minimum Gasteiger partial charge on any atom is -0.491 e. The van der Waals surface area contributed by atoms with Crippen LogP contribution in [0.2, 0.25) is 0 Å². The van der Waals surface area contributed by atoms with E-state index in [9.17, 15) is 30.8 Å². The molecule has 5 atom stereocenters. The van der Waals surface area contributed by atoms with E-state index in [4.69, 9.17) is 9.47 Å². The van der Waals surface area contributed by atoms with Crippen LogP contribution in [0.4, 0.5) is 0 Å². The molecular formula is C23H27NO7. The van der Waals surface area contributed by atoms with Crippen molar-refractivity contribution in [2.45, 2.75) is 56.6 Å². The first-order valence-electron chi connectivity index (χ1n) is 10.0. The average molecular weight is 429 g/mol. The highest BCUT2D eigenvalue weighted by molar-refractivity contribution is 5.45. The smallest absolute Gasteiger partial charge is 0.222 e. The molecule has 0 unspecified atom stereocenters. The fourth-order valence-electron chi connectivity index (χ4n) is 3.64. The molecule has 166 valence electrons. The first kappa shape index (κ1) is 23.2. The van der Waals surface area contributed by atoms with Crippen LogP contribution in [0.15, 0.2) is 42.5 Å². The number of rotatable bonds is 6. The van der Waals surface area contributed by atoms with Crippen LogP contribution in [-0.4, -0.2) is 62.7 Å². The molecule has 1 saturated heterocycles. The zero-order chi connectivity index (χ0) is 22.8. The van der Waals surface area contributed by atoms with Gasteiger partial charge in [-0.2, -0.15) is 5.26 Å². The monoisotopic (exact) mass is 429 g/mol. The van der Waals surface area contributed by atoms with Gasteiger partial charge in [0.05, 0.1) is 24.3 Å². The number of hydrogen-bond donors (Lipinski definition) is 5. The van der Waals surface area contributed by atoms with E-state index in [1.807, 2.05) is 38.1 Å². The van der Waals surface area contributed by atoms with E-state index in [0.29, 0.717) is 17.5 Å². The topological polar surface area (TPSA) is 143 Å². The predicted molar refractivity (Wildman–Crippen MR) is 110 cm³/mol. The van der Waals surface area contributed by atoms with Gasteiger partial charge in [-0.1, -0.05) is 18.2 Å². The summed E-state index contributed by atoms with van der Waals surface area (Å²) in [6, 6.07) is 13.9. The first-order chi connectivity index (χ1) is 14.7. The molecule has 3 rings (SSSR count). The zero-order valence-corrected chi connectivity index (χ0v) is 17.3. The molecule has 5 N–H and O–H groups in total. The highest BCUT2D eigenvalue weighted by Gasteiger charge is 2.53. The summed E-state index contributed by atoms with van der Waals surface area (Å²) in [5.41, 5.74) is 1.94. The molecule has 2 aromatic carbocycles. The van der Waals surface area contributed by atoms with Gasteiger partial charge in [0.2, 0.25) is 5.79 Å². The van der Waals surface area contributed by atoms with Crippen LogP contribution >= 0.6 is 0 Å². The SMILES string of the molecule is CC(C)Oc1ccc(Cc2cc([C@]3(O)O[C@H](CO)[C@@H](O)[C@H](O)[C@H]3O)ccc2C#N)cc1. The standard InChI is InChI=1S/C23H27NO7/c1-13(2)30-18-7-3-14(4-8-18)9-16-10-17(6-5-15(16)11-24)23(29)22(28)21(27)20(26)19(12-25)31-23/h3-8,10,13,19-22,25-29H,9,12H2,1-2H3/t19-,20-,21+,22-,23+/m1/s1. The van der Waals surface area contributed by atoms with Crippen molar-refractivity contribution in [1.29, 1.82) is 5.26 Å². The van der Waals surface area contributed by atoms with Gasteiger partial charge in [0.25, 0.3) is 0 Å². The fraction of sp³-hybridized carbons (Fsp3) is 0.435. The Bertz CT molecular complexity index is 938. The van der Waals surface area contributed by atoms with Crippen LogP contribution in [0.1, 0.15) is 36.1 Å². The third-order valence-electron chi connectivity index (χ3n) is 5.30. The third-order valence-corrected chi connectivity index (χ3v) is 5.30. The molecular weight excluding hydrogens is 402 g/mol. The lowest BCUT2D eigenvalue weighted by molar-refractivity contribution is -0.357. The van der Waals surface area contributed by atoms with Crippen LogP contribution in [0.3, 0.4) is 0 Å². The lowest BCUT2D eigenvalue weighted by Crippen LogP contribution is -2.63. The van der Waals surface area contributed by atoms with Crippen LogP contribution in [0.5, 0.6) is 5.75 Å². The van der Waals surface area contributed by atoms with Gasteiger partial charge in [-0.05, 0) is 55.7 Å². The highest BCUT2D eigenvalue weighted by Crippen LogP contribution is 2.37. The van der Waals surface area contributed by atoms with Gasteiger partial charge in [-0.15, -0.1) is 0 Å². The summed E-state index contributed by atoms with van der Waals surface area (Å²) in [5, 5.41) is 60.4. The van der Waals surface area contributed by atoms with Crippen LogP contribution in [0.25, 0.3) is 0 Å². The van der Waals surface area contributed by atoms with Gasteiger partial charge < -0.3 is 35.0 Å². The van der Waals surface area contributed by atoms with Gasteiger partial charge in [0, 0.05) is 5.56 Å². The van der Waals surface area contributed by atoms with Crippen molar-refractivity contribution in [2.24, 2.45) is 0 Å². The molecule has 0 bridgehead atoms. The molecule has 0 aliphatic carbocycles. The third kappa shape index (κ3) is 4.72. The molecule has 31 heavy (non-hydrogen) atoms. The Morgan fingerprint density at radius 3 is 2.35 bits per heavy atom. The molecule has 2 aromatic rings. The fourth-order valence-corrected chi connectivity index (χ4v) is 3.64. The molecule has 1 heterocycles. The first-order valence-corrected chi connectivity index (χ1v) is 10.0. The van der Waals surface area contributed by atoms with E-state index in [2.05, 4.69) is 6.07 Å². The van der Waals surface area contributed by atoms with Crippen LogP contribution in [0, 0.1) is 11.3 Å². The van der Waals surface area contributed by atoms with Gasteiger partial charge >= 0.3 is 0 Å². The predicted octanol–water partition coefficient (Wildman–Crippen LogP) is 0.555. The maximum Gasteiger partial charge on any atom is 0.222 e. The van der Waals surface area contributed by atoms with Gasteiger partial charge in [0.15, 0.2) is 0 Å². The zero-order valence-electron chi connectivity index (χ0n) is 17.3. The quantitative estimate of drug-likeness (QED) is 0.448. The van der Waals surface area contributed by atoms with E-state index >= 15 is 0 Å². The second kappa shape index (κ2) is 9.32. The summed E-state index contributed by atoms with van der Waals surface area (Å²) in [7, 11) is 0. The maximum atomic E-state index is 11.0. The summed E-state index contributed by atoms with van der Waals surface area (Å²) in [4.78, 5) is 0. The molecule has 1 aliphatic heterocycles. The summed E-state index contributed by atoms with van der Waals surface area (Å²) in [5.74, 6) is -1.65. The largest absolute Gasteiger partial charge is 0.491 e. The number of nitrogens with zero attached hydrogens (tertiary/aromatic N) is 1. The van der Waals surface area contributed by atoms with Crippen molar-refractivity contribution < 1.29 is 35.0 Å². The van der Waals surface area contributed by atoms with E-state index in [0.717, 1.165) is 11.3 Å². The Labute approximate surface area is 180 Å². The Hall–Kier alpha value is -2.51. The molecule has 0 radical (unpaired) electrons. The van der Waals surface area contributed by atoms with Crippen molar-refractivity contribution in [2.75, 3.05) is 6.61 Å². The molecule has 1 aliphatic rings. The van der Waals surface area contributed by atoms with E-state index < -0.39 is 36.8 Å². The number of nitriles is 1. The summed E-state index contributed by atoms with van der Waals surface area (Å²) >= 11 is 0. The van der Waals surface area contributed by atoms with Crippen LogP contribution in [-0.2, 0) is 16.9 Å². The van der Waals surface area contributed by atoms with Crippen LogP contribution < -0.4 is 4.74 Å². The number of ether oxygens (including phenoxy) is 2. The van der Waals surface area contributed by atoms with Gasteiger partial charge in [-0.25, -0.2) is 0 Å². The highest BCUT2D eigenvalue weighted by atomic mass is 16.7. The Kier molecular flexibility index (Phi) is 6.96. The molecule has 0 amide bonds. The van der Waals surface area contributed by atoms with Crippen molar-refractivity contribution in [3.8, 4) is 11.8 Å². The normalized spacial score (nSPS) is 28.4. The molecule has 8 heteroatoms. The van der Waals surface area contributed by atoms with E-state index in [-0.39, 0.29) is 11.7 Å². The minimum atomic E-state index is -2.37. The van der Waals surface area contributed by atoms with Crippen molar-refractivity contribution >= 4 is 0 Å². The number of aliphatic hydroxyl groups is 5. The second-order valence-electron chi connectivity index (χ2n) is 7.93. The Morgan fingerprint density at radius 2 is 1.77 bits per heavy atom. The Morgan fingerprint density at radius 1 is 1.10 bits per heavy atom. The molecule has 0 saturated carbocycles. The molecule has 1 fully saturated rings. The number of benzene rings is 2. The Balaban J connectivity index is 1.92. The molecule has 0 aromatic heterocycles. The molecule has 0 spiro atoms. The summed E-state index contributed by atoms with van der Waals surface area (Å²) in [6.45, 7) is 3.20. The average Bonchev–Trinajstić information content (AvgIpc) is 2.75. The lowest BCUT2D eigenvalue weighted by atomic mass is 9.86. The number of hydrogen-bond acceptors (Lipinski definition) is 8. The van der Waals surface area contributed by atoms with Gasteiger partial charge in [-0.3, -0.25) is 0 Å². The molecule has 8 nitrogen and oxygen atoms in total. The van der Waals surface area contributed by atoms with E-state index in [1.54, 1.807) is 0 Å². The van der Waals surface area contributed by atoms with Crippen molar-refractivity contribution in [3.63, 3.8) is 0 Å².